The van der Waals surface area contributed by atoms with E-state index in [2.05, 4.69) is 4.90 Å². The van der Waals surface area contributed by atoms with Gasteiger partial charge in [-0.25, -0.2) is 0 Å². The lowest BCUT2D eigenvalue weighted by Gasteiger charge is -2.27. The lowest BCUT2D eigenvalue weighted by atomic mass is 10.1. The smallest absolute Gasteiger partial charge is 0.223 e. The van der Waals surface area contributed by atoms with Gasteiger partial charge in [-0.05, 0) is 25.9 Å². The van der Waals surface area contributed by atoms with Gasteiger partial charge in [0.1, 0.15) is 0 Å². The van der Waals surface area contributed by atoms with Crippen LogP contribution in [0.1, 0.15) is 25.0 Å². The Bertz CT molecular complexity index is 429. The number of likely N-dealkylation sites (tertiary alicyclic amines) is 1. The average molecular weight is 295 g/mol. The van der Waals surface area contributed by atoms with E-state index in [-0.39, 0.29) is 36.0 Å². The predicted molar refractivity (Wildman–Crippen MR) is 77.0 cm³/mol. The van der Waals surface area contributed by atoms with E-state index in [1.807, 2.05) is 11.6 Å². The Kier molecular flexibility index (Phi) is 7.36. The summed E-state index contributed by atoms with van der Waals surface area (Å²) in [6, 6.07) is 1.53. The summed E-state index contributed by atoms with van der Waals surface area (Å²) >= 11 is 0. The summed E-state index contributed by atoms with van der Waals surface area (Å²) in [6.07, 6.45) is 5.28. The van der Waals surface area contributed by atoms with Gasteiger partial charge in [0.25, 0.3) is 0 Å². The molecule has 0 unspecified atom stereocenters. The quantitative estimate of drug-likeness (QED) is 0.906. The molecule has 4 nitrogen and oxygen atoms in total. The summed E-state index contributed by atoms with van der Waals surface area (Å²) in [7, 11) is 1.86. The second kappa shape index (κ2) is 7.67. The number of piperidine rings is 1. The molecule has 1 saturated heterocycles. The van der Waals surface area contributed by atoms with Crippen LogP contribution in [0.25, 0.3) is 0 Å². The minimum absolute atomic E-state index is 0. The molecule has 2 rings (SSSR count). The molecule has 1 aliphatic heterocycles. The Morgan fingerprint density at radius 1 is 1.22 bits per heavy atom. The maximum absolute atomic E-state index is 11.4. The van der Waals surface area contributed by atoms with Gasteiger partial charge in [-0.3, -0.25) is 9.69 Å². The minimum Gasteiger partial charge on any atom is -0.503 e. The van der Waals surface area contributed by atoms with Crippen LogP contribution in [0.3, 0.4) is 0 Å². The number of nitrogens with zero attached hydrogens (tertiary/aromatic N) is 2. The van der Waals surface area contributed by atoms with Crippen LogP contribution in [-0.4, -0.2) is 27.7 Å². The van der Waals surface area contributed by atoms with E-state index < -0.39 is 0 Å². The SMILES string of the molecule is Cl.Cl.Cn1cc(O)c(=O)cc1CN1CCCCC1. The van der Waals surface area contributed by atoms with Gasteiger partial charge >= 0.3 is 0 Å². The Morgan fingerprint density at radius 2 is 1.83 bits per heavy atom. The highest BCUT2D eigenvalue weighted by Crippen LogP contribution is 2.12. The first-order chi connectivity index (χ1) is 7.66. The van der Waals surface area contributed by atoms with Gasteiger partial charge in [-0.1, -0.05) is 6.42 Å². The molecule has 0 amide bonds. The van der Waals surface area contributed by atoms with Gasteiger partial charge in [0.2, 0.25) is 5.43 Å². The molecule has 0 atom stereocenters. The molecule has 0 bridgehead atoms. The van der Waals surface area contributed by atoms with Crippen molar-refractivity contribution in [3.63, 3.8) is 0 Å². The van der Waals surface area contributed by atoms with Crippen molar-refractivity contribution in [3.8, 4) is 5.75 Å². The summed E-state index contributed by atoms with van der Waals surface area (Å²) in [4.78, 5) is 13.7. The number of pyridine rings is 1. The zero-order valence-corrected chi connectivity index (χ0v) is 12.1. The molecule has 1 aliphatic rings. The third kappa shape index (κ3) is 4.19. The highest BCUT2D eigenvalue weighted by molar-refractivity contribution is 5.85. The van der Waals surface area contributed by atoms with Crippen molar-refractivity contribution in [2.24, 2.45) is 7.05 Å². The fourth-order valence-electron chi connectivity index (χ4n) is 2.16. The summed E-state index contributed by atoms with van der Waals surface area (Å²) in [5.74, 6) is -0.176. The molecule has 6 heteroatoms. The Morgan fingerprint density at radius 3 is 2.44 bits per heavy atom. The van der Waals surface area contributed by atoms with E-state index in [9.17, 15) is 9.90 Å². The maximum atomic E-state index is 11.4. The van der Waals surface area contributed by atoms with Crippen LogP contribution in [0.2, 0.25) is 0 Å². The van der Waals surface area contributed by atoms with Gasteiger partial charge in [0, 0.05) is 31.5 Å². The molecular weight excluding hydrogens is 275 g/mol. The number of aromatic nitrogens is 1. The first-order valence-corrected chi connectivity index (χ1v) is 5.78. The highest BCUT2D eigenvalue weighted by Gasteiger charge is 2.12. The second-order valence-corrected chi connectivity index (χ2v) is 4.46. The van der Waals surface area contributed by atoms with Crippen LogP contribution >= 0.6 is 24.8 Å². The lowest BCUT2D eigenvalue weighted by Crippen LogP contribution is -2.30. The van der Waals surface area contributed by atoms with E-state index in [1.165, 1.54) is 31.5 Å². The molecule has 1 aromatic rings. The van der Waals surface area contributed by atoms with Crippen LogP contribution in [0, 0.1) is 0 Å². The van der Waals surface area contributed by atoms with E-state index in [0.717, 1.165) is 25.3 Å². The van der Waals surface area contributed by atoms with Crippen molar-refractivity contribution in [2.75, 3.05) is 13.1 Å². The van der Waals surface area contributed by atoms with Gasteiger partial charge in [-0.15, -0.1) is 24.8 Å². The summed E-state index contributed by atoms with van der Waals surface area (Å²) in [5.41, 5.74) is 0.676. The highest BCUT2D eigenvalue weighted by atomic mass is 35.5. The zero-order chi connectivity index (χ0) is 11.5. The standard InChI is InChI=1S/C12H18N2O2.2ClH/c1-13-9-12(16)11(15)7-10(13)8-14-5-3-2-4-6-14;;/h7,9,16H,2-6,8H2,1H3;2*1H. The van der Waals surface area contributed by atoms with E-state index in [0.29, 0.717) is 0 Å². The van der Waals surface area contributed by atoms with E-state index in [1.54, 1.807) is 0 Å². The predicted octanol–water partition coefficient (Wildman–Crippen LogP) is 1.92. The molecule has 1 fully saturated rings. The second-order valence-electron chi connectivity index (χ2n) is 4.46. The monoisotopic (exact) mass is 294 g/mol. The molecule has 104 valence electrons. The number of halogens is 2. The number of rotatable bonds is 2. The molecule has 1 aromatic heterocycles. The number of aromatic hydroxyl groups is 1. The van der Waals surface area contributed by atoms with Crippen molar-refractivity contribution >= 4 is 24.8 Å². The van der Waals surface area contributed by atoms with Crippen molar-refractivity contribution in [1.29, 1.82) is 0 Å². The third-order valence-electron chi connectivity index (χ3n) is 3.15. The van der Waals surface area contributed by atoms with E-state index >= 15 is 0 Å². The number of hydrogen-bond acceptors (Lipinski definition) is 3. The Labute approximate surface area is 119 Å². The van der Waals surface area contributed by atoms with Crippen LogP contribution in [0.5, 0.6) is 5.75 Å². The fourth-order valence-corrected chi connectivity index (χ4v) is 2.16. The van der Waals surface area contributed by atoms with Crippen molar-refractivity contribution in [2.45, 2.75) is 25.8 Å². The number of hydrogen-bond donors (Lipinski definition) is 1. The van der Waals surface area contributed by atoms with Crippen molar-refractivity contribution < 1.29 is 5.11 Å². The molecular formula is C12H20Cl2N2O2. The van der Waals surface area contributed by atoms with Gasteiger partial charge in [0.05, 0.1) is 0 Å². The molecule has 2 heterocycles. The van der Waals surface area contributed by atoms with Crippen molar-refractivity contribution in [3.05, 3.63) is 28.2 Å². The van der Waals surface area contributed by atoms with Crippen molar-refractivity contribution in [1.82, 2.24) is 9.47 Å². The first kappa shape index (κ1) is 17.3. The number of aryl methyl sites for hydroxylation is 1. The summed E-state index contributed by atoms with van der Waals surface area (Å²) < 4.78 is 1.82. The summed E-state index contributed by atoms with van der Waals surface area (Å²) in [6.45, 7) is 3.01. The minimum atomic E-state index is -0.287. The van der Waals surface area contributed by atoms with Crippen LogP contribution < -0.4 is 5.43 Å². The van der Waals surface area contributed by atoms with Crippen LogP contribution in [0.4, 0.5) is 0 Å². The molecule has 0 aliphatic carbocycles. The topological polar surface area (TPSA) is 45.5 Å². The Balaban J connectivity index is 0.00000144. The van der Waals surface area contributed by atoms with Crippen LogP contribution in [-0.2, 0) is 13.6 Å². The third-order valence-corrected chi connectivity index (χ3v) is 3.15. The maximum Gasteiger partial charge on any atom is 0.223 e. The molecule has 1 N–H and O–H groups in total. The van der Waals surface area contributed by atoms with Gasteiger partial charge in [-0.2, -0.15) is 0 Å². The normalized spacial score (nSPS) is 15.6. The largest absolute Gasteiger partial charge is 0.503 e. The van der Waals surface area contributed by atoms with Crippen LogP contribution in [0.15, 0.2) is 17.1 Å². The fraction of sp³-hybridized carbons (Fsp3) is 0.583. The average Bonchev–Trinajstić information content (AvgIpc) is 2.27. The molecule has 0 saturated carbocycles. The van der Waals surface area contributed by atoms with E-state index in [4.69, 9.17) is 0 Å². The molecule has 0 radical (unpaired) electrons. The van der Waals surface area contributed by atoms with Gasteiger partial charge < -0.3 is 9.67 Å². The lowest BCUT2D eigenvalue weighted by molar-refractivity contribution is 0.216. The molecule has 18 heavy (non-hydrogen) atoms. The Hall–Kier alpha value is -0.710. The molecule has 0 aromatic carbocycles. The summed E-state index contributed by atoms with van der Waals surface area (Å²) in [5, 5.41) is 9.28. The first-order valence-electron chi connectivity index (χ1n) is 5.78. The molecule has 0 spiro atoms. The van der Waals surface area contributed by atoms with Gasteiger partial charge in [0.15, 0.2) is 5.75 Å². The zero-order valence-electron chi connectivity index (χ0n) is 10.5.